The Morgan fingerprint density at radius 3 is 2.48 bits per heavy atom. The van der Waals surface area contributed by atoms with E-state index in [0.717, 1.165) is 12.1 Å². The zero-order chi connectivity index (χ0) is 19.4. The van der Waals surface area contributed by atoms with Gasteiger partial charge >= 0.3 is 6.18 Å². The normalized spacial score (nSPS) is 11.0. The first-order valence-electron chi connectivity index (χ1n) is 7.87. The lowest BCUT2D eigenvalue weighted by Crippen LogP contribution is -2.26. The average molecular weight is 370 g/mol. The van der Waals surface area contributed by atoms with Gasteiger partial charge in [0.2, 0.25) is 0 Å². The van der Waals surface area contributed by atoms with E-state index in [4.69, 9.17) is 0 Å². The van der Waals surface area contributed by atoms with Gasteiger partial charge in [0, 0.05) is 18.1 Å². The van der Waals surface area contributed by atoms with Crippen molar-refractivity contribution >= 4 is 5.91 Å². The van der Waals surface area contributed by atoms with Crippen LogP contribution in [0.5, 0.6) is 0 Å². The van der Waals surface area contributed by atoms with Crippen molar-refractivity contribution in [2.45, 2.75) is 12.7 Å². The van der Waals surface area contributed by atoms with Crippen molar-refractivity contribution < 1.29 is 18.0 Å². The van der Waals surface area contributed by atoms with Gasteiger partial charge in [-0.1, -0.05) is 6.07 Å². The van der Waals surface area contributed by atoms with Crippen LogP contribution in [0.25, 0.3) is 5.69 Å². The maximum Gasteiger partial charge on any atom is 0.416 e. The molecule has 2 aromatic heterocycles. The van der Waals surface area contributed by atoms with Crippen LogP contribution in [0.4, 0.5) is 13.2 Å². The van der Waals surface area contributed by atoms with Crippen molar-refractivity contribution in [3.8, 4) is 11.8 Å². The average Bonchev–Trinajstić information content (AvgIpc) is 3.10. The number of nitriles is 1. The SMILES string of the molecule is N#Cc1ccn(-c2ccc(C(F)(F)F)cc2)c1C(=O)NCc1ccccn1. The summed E-state index contributed by atoms with van der Waals surface area (Å²) in [4.78, 5) is 16.7. The van der Waals surface area contributed by atoms with Crippen LogP contribution in [0.15, 0.2) is 60.9 Å². The van der Waals surface area contributed by atoms with Gasteiger partial charge in [-0.3, -0.25) is 9.78 Å². The highest BCUT2D eigenvalue weighted by molar-refractivity contribution is 5.95. The molecule has 5 nitrogen and oxygen atoms in total. The van der Waals surface area contributed by atoms with E-state index in [0.29, 0.717) is 11.4 Å². The van der Waals surface area contributed by atoms with E-state index in [1.807, 2.05) is 6.07 Å². The molecule has 8 heteroatoms. The first-order chi connectivity index (χ1) is 12.9. The maximum absolute atomic E-state index is 12.7. The molecule has 136 valence electrons. The largest absolute Gasteiger partial charge is 0.416 e. The van der Waals surface area contributed by atoms with Crippen LogP contribution < -0.4 is 5.32 Å². The lowest BCUT2D eigenvalue weighted by atomic mass is 10.2. The highest BCUT2D eigenvalue weighted by Crippen LogP contribution is 2.30. The van der Waals surface area contributed by atoms with Gasteiger partial charge in [-0.15, -0.1) is 0 Å². The predicted molar refractivity (Wildman–Crippen MR) is 90.9 cm³/mol. The maximum atomic E-state index is 12.7. The van der Waals surface area contributed by atoms with Gasteiger partial charge in [0.15, 0.2) is 0 Å². The summed E-state index contributed by atoms with van der Waals surface area (Å²) in [7, 11) is 0. The molecule has 0 aliphatic heterocycles. The number of benzene rings is 1. The van der Waals surface area contributed by atoms with Gasteiger partial charge in [-0.05, 0) is 42.5 Å². The molecule has 0 atom stereocenters. The molecule has 0 spiro atoms. The summed E-state index contributed by atoms with van der Waals surface area (Å²) in [5.74, 6) is -0.526. The molecule has 1 amide bonds. The standard InChI is InChI=1S/C19H13F3N4O/c20-19(21,22)14-4-6-16(7-5-14)26-10-8-13(11-23)17(26)18(27)25-12-15-3-1-2-9-24-15/h1-10H,12H2,(H,25,27). The zero-order valence-corrected chi connectivity index (χ0v) is 13.9. The van der Waals surface area contributed by atoms with Crippen LogP contribution in [0.3, 0.4) is 0 Å². The highest BCUT2D eigenvalue weighted by Gasteiger charge is 2.30. The molecule has 0 saturated carbocycles. The third kappa shape index (κ3) is 3.98. The Kier molecular flexibility index (Phi) is 4.94. The number of nitrogens with one attached hydrogen (secondary N) is 1. The summed E-state index contributed by atoms with van der Waals surface area (Å²) in [6.45, 7) is 0.155. The number of pyridine rings is 1. The molecule has 2 heterocycles. The Labute approximate surface area is 152 Å². The Hall–Kier alpha value is -3.60. The summed E-state index contributed by atoms with van der Waals surface area (Å²) >= 11 is 0. The number of carbonyl (C=O) groups excluding carboxylic acids is 1. The minimum absolute atomic E-state index is 0.0492. The van der Waals surface area contributed by atoms with Crippen LogP contribution >= 0.6 is 0 Å². The third-order valence-electron chi connectivity index (χ3n) is 3.85. The number of rotatable bonds is 4. The highest BCUT2D eigenvalue weighted by atomic mass is 19.4. The molecule has 0 fully saturated rings. The van der Waals surface area contributed by atoms with Crippen molar-refractivity contribution in [1.82, 2.24) is 14.9 Å². The number of hydrogen-bond acceptors (Lipinski definition) is 3. The molecule has 3 aromatic rings. The smallest absolute Gasteiger partial charge is 0.345 e. The van der Waals surface area contributed by atoms with E-state index in [1.165, 1.54) is 29.0 Å². The van der Waals surface area contributed by atoms with E-state index in [-0.39, 0.29) is 17.8 Å². The second-order valence-corrected chi connectivity index (χ2v) is 5.61. The molecule has 0 radical (unpaired) electrons. The molecule has 0 unspecified atom stereocenters. The van der Waals surface area contributed by atoms with E-state index in [9.17, 15) is 23.2 Å². The van der Waals surface area contributed by atoms with Gasteiger partial charge in [0.1, 0.15) is 11.8 Å². The minimum atomic E-state index is -4.45. The molecule has 1 N–H and O–H groups in total. The third-order valence-corrected chi connectivity index (χ3v) is 3.85. The fourth-order valence-corrected chi connectivity index (χ4v) is 2.54. The quantitative estimate of drug-likeness (QED) is 0.761. The summed E-state index contributed by atoms with van der Waals surface area (Å²) < 4.78 is 39.6. The van der Waals surface area contributed by atoms with Crippen molar-refractivity contribution in [1.29, 1.82) is 5.26 Å². The summed E-state index contributed by atoms with van der Waals surface area (Å²) in [6, 6.07) is 13.0. The van der Waals surface area contributed by atoms with Gasteiger partial charge in [0.05, 0.1) is 23.4 Å². The molecule has 0 aliphatic carbocycles. The van der Waals surface area contributed by atoms with Crippen LogP contribution in [-0.2, 0) is 12.7 Å². The van der Waals surface area contributed by atoms with Crippen molar-refractivity contribution in [3.63, 3.8) is 0 Å². The fraction of sp³-hybridized carbons (Fsp3) is 0.105. The van der Waals surface area contributed by atoms with Gasteiger partial charge in [-0.25, -0.2) is 0 Å². The van der Waals surface area contributed by atoms with Crippen molar-refractivity contribution in [2.75, 3.05) is 0 Å². The Balaban J connectivity index is 1.89. The number of nitrogens with zero attached hydrogens (tertiary/aromatic N) is 3. The lowest BCUT2D eigenvalue weighted by Gasteiger charge is -2.12. The first-order valence-corrected chi connectivity index (χ1v) is 7.87. The van der Waals surface area contributed by atoms with Crippen LogP contribution in [0.2, 0.25) is 0 Å². The number of carbonyl (C=O) groups is 1. The van der Waals surface area contributed by atoms with E-state index in [2.05, 4.69) is 10.3 Å². The Morgan fingerprint density at radius 2 is 1.89 bits per heavy atom. The Bertz CT molecular complexity index is 987. The number of aromatic nitrogens is 2. The molecule has 27 heavy (non-hydrogen) atoms. The van der Waals surface area contributed by atoms with Crippen LogP contribution in [0.1, 0.15) is 27.3 Å². The number of halogens is 3. The second kappa shape index (κ2) is 7.33. The van der Waals surface area contributed by atoms with Gasteiger partial charge in [0.25, 0.3) is 5.91 Å². The topological polar surface area (TPSA) is 70.7 Å². The van der Waals surface area contributed by atoms with E-state index in [1.54, 1.807) is 24.4 Å². The summed E-state index contributed by atoms with van der Waals surface area (Å²) in [6.07, 6.45) is -1.39. The number of alkyl halides is 3. The second-order valence-electron chi connectivity index (χ2n) is 5.61. The summed E-state index contributed by atoms with van der Waals surface area (Å²) in [5.41, 5.74) is 0.353. The molecular weight excluding hydrogens is 357 g/mol. The first kappa shape index (κ1) is 18.2. The molecule has 0 saturated heterocycles. The van der Waals surface area contributed by atoms with E-state index >= 15 is 0 Å². The molecule has 1 aromatic carbocycles. The fourth-order valence-electron chi connectivity index (χ4n) is 2.54. The van der Waals surface area contributed by atoms with Crippen molar-refractivity contribution in [2.24, 2.45) is 0 Å². The minimum Gasteiger partial charge on any atom is -0.345 e. The molecular formula is C19H13F3N4O. The van der Waals surface area contributed by atoms with Gasteiger partial charge < -0.3 is 9.88 Å². The number of hydrogen-bond donors (Lipinski definition) is 1. The predicted octanol–water partition coefficient (Wildman–Crippen LogP) is 3.69. The van der Waals surface area contributed by atoms with Crippen molar-refractivity contribution in [3.05, 3.63) is 83.4 Å². The number of amides is 1. The zero-order valence-electron chi connectivity index (χ0n) is 13.9. The summed E-state index contributed by atoms with van der Waals surface area (Å²) in [5, 5.41) is 11.9. The van der Waals surface area contributed by atoms with E-state index < -0.39 is 17.6 Å². The molecule has 3 rings (SSSR count). The Morgan fingerprint density at radius 1 is 1.15 bits per heavy atom. The monoisotopic (exact) mass is 370 g/mol. The van der Waals surface area contributed by atoms with Gasteiger partial charge in [-0.2, -0.15) is 18.4 Å². The lowest BCUT2D eigenvalue weighted by molar-refractivity contribution is -0.137. The van der Waals surface area contributed by atoms with Crippen LogP contribution in [-0.4, -0.2) is 15.5 Å². The molecule has 0 aliphatic rings. The molecule has 0 bridgehead atoms. The van der Waals surface area contributed by atoms with Crippen LogP contribution in [0, 0.1) is 11.3 Å².